The summed E-state index contributed by atoms with van der Waals surface area (Å²) in [5, 5.41) is 6.22. The highest BCUT2D eigenvalue weighted by Crippen LogP contribution is 2.33. The molecule has 1 N–H and O–H groups in total. The Balaban J connectivity index is 1.80. The fourth-order valence-electron chi connectivity index (χ4n) is 2.70. The Labute approximate surface area is 164 Å². The highest BCUT2D eigenvalue weighted by molar-refractivity contribution is 6.05. The van der Waals surface area contributed by atoms with Crippen LogP contribution in [0.25, 0.3) is 0 Å². The van der Waals surface area contributed by atoms with Crippen LogP contribution in [0.2, 0.25) is 0 Å². The molecule has 0 aliphatic carbocycles. The molecule has 9 heteroatoms. The maximum Gasteiger partial charge on any atom is 0.471 e. The summed E-state index contributed by atoms with van der Waals surface area (Å²) in [6.45, 7) is 3.34. The van der Waals surface area contributed by atoms with Crippen molar-refractivity contribution in [1.29, 1.82) is 0 Å². The first-order valence-corrected chi connectivity index (χ1v) is 8.59. The third kappa shape index (κ3) is 4.23. The Hall–Kier alpha value is -3.36. The van der Waals surface area contributed by atoms with Gasteiger partial charge in [0.05, 0.1) is 18.2 Å². The maximum atomic E-state index is 12.7. The minimum Gasteiger partial charge on any atom is -0.495 e. The number of rotatable bonds is 5. The van der Waals surface area contributed by atoms with E-state index in [0.717, 1.165) is 0 Å². The van der Waals surface area contributed by atoms with Gasteiger partial charge in [0.2, 0.25) is 0 Å². The molecule has 1 heterocycles. The van der Waals surface area contributed by atoms with Gasteiger partial charge < -0.3 is 14.6 Å². The molecule has 1 amide bonds. The van der Waals surface area contributed by atoms with Crippen molar-refractivity contribution in [3.8, 4) is 5.75 Å². The molecule has 0 saturated heterocycles. The number of anilines is 1. The van der Waals surface area contributed by atoms with Crippen LogP contribution in [0.3, 0.4) is 0 Å². The Bertz CT molecular complexity index is 1010. The average Bonchev–Trinajstić information content (AvgIpc) is 3.20. The van der Waals surface area contributed by atoms with Crippen LogP contribution in [0.15, 0.2) is 53.1 Å². The van der Waals surface area contributed by atoms with Gasteiger partial charge in [-0.05, 0) is 43.7 Å². The first-order valence-electron chi connectivity index (χ1n) is 8.59. The van der Waals surface area contributed by atoms with Crippen LogP contribution >= 0.6 is 0 Å². The van der Waals surface area contributed by atoms with E-state index in [4.69, 9.17) is 4.74 Å². The van der Waals surface area contributed by atoms with E-state index in [1.807, 2.05) is 0 Å². The van der Waals surface area contributed by atoms with E-state index in [0.29, 0.717) is 22.6 Å². The van der Waals surface area contributed by atoms with Gasteiger partial charge in [-0.2, -0.15) is 18.2 Å². The van der Waals surface area contributed by atoms with E-state index < -0.39 is 17.5 Å². The number of carbonyl (C=O) groups is 1. The number of carbonyl (C=O) groups excluding carboxylic acids is 1. The predicted octanol–water partition coefficient (Wildman–Crippen LogP) is 4.68. The van der Waals surface area contributed by atoms with Crippen molar-refractivity contribution in [2.24, 2.45) is 0 Å². The van der Waals surface area contributed by atoms with E-state index in [1.54, 1.807) is 62.4 Å². The van der Waals surface area contributed by atoms with E-state index in [2.05, 4.69) is 20.0 Å². The van der Waals surface area contributed by atoms with Crippen LogP contribution in [0.1, 0.15) is 41.5 Å². The molecule has 0 aliphatic rings. The van der Waals surface area contributed by atoms with Gasteiger partial charge in [0.1, 0.15) is 5.75 Å². The molecule has 152 valence electrons. The summed E-state index contributed by atoms with van der Waals surface area (Å²) in [7, 11) is 1.50. The van der Waals surface area contributed by atoms with Crippen molar-refractivity contribution in [2.75, 3.05) is 12.4 Å². The summed E-state index contributed by atoms with van der Waals surface area (Å²) in [4.78, 5) is 16.0. The number of nitrogens with one attached hydrogen (secondary N) is 1. The number of methoxy groups -OCH3 is 1. The molecule has 0 bridgehead atoms. The smallest absolute Gasteiger partial charge is 0.471 e. The first kappa shape index (κ1) is 20.4. The molecule has 0 spiro atoms. The van der Waals surface area contributed by atoms with Crippen molar-refractivity contribution in [3.05, 3.63) is 71.4 Å². The molecule has 0 aliphatic heterocycles. The van der Waals surface area contributed by atoms with E-state index >= 15 is 0 Å². The quantitative estimate of drug-likeness (QED) is 0.667. The van der Waals surface area contributed by atoms with Crippen LogP contribution < -0.4 is 10.1 Å². The summed E-state index contributed by atoms with van der Waals surface area (Å²) in [5.74, 6) is -1.32. The Morgan fingerprint density at radius 2 is 1.72 bits per heavy atom. The SMILES string of the molecule is COc1ccccc1NC(=O)c1ccc(C(C)(C)c2noc(C(F)(F)F)n2)cc1. The number of benzene rings is 2. The van der Waals surface area contributed by atoms with E-state index in [9.17, 15) is 18.0 Å². The van der Waals surface area contributed by atoms with Gasteiger partial charge in [0.15, 0.2) is 5.82 Å². The zero-order chi connectivity index (χ0) is 21.2. The standard InChI is InChI=1S/C20H18F3N3O3/c1-19(2,17-25-18(29-26-17)20(21,22)23)13-10-8-12(9-11-13)16(27)24-14-6-4-5-7-15(14)28-3/h4-11H,1-3H3,(H,24,27). The van der Waals surface area contributed by atoms with Crippen molar-refractivity contribution in [1.82, 2.24) is 10.1 Å². The Kier molecular flexibility index (Phi) is 5.32. The van der Waals surface area contributed by atoms with Gasteiger partial charge in [-0.3, -0.25) is 4.79 Å². The minimum atomic E-state index is -4.71. The number of hydrogen-bond donors (Lipinski definition) is 1. The van der Waals surface area contributed by atoms with Crippen LogP contribution in [0.4, 0.5) is 18.9 Å². The van der Waals surface area contributed by atoms with Crippen LogP contribution in [-0.2, 0) is 11.6 Å². The molecule has 0 radical (unpaired) electrons. The molecular formula is C20H18F3N3O3. The normalized spacial score (nSPS) is 11.9. The van der Waals surface area contributed by atoms with Crippen LogP contribution in [0.5, 0.6) is 5.75 Å². The number of nitrogens with zero attached hydrogens (tertiary/aromatic N) is 2. The number of para-hydroxylation sites is 2. The second-order valence-corrected chi connectivity index (χ2v) is 6.78. The topological polar surface area (TPSA) is 77.2 Å². The lowest BCUT2D eigenvalue weighted by Gasteiger charge is -2.21. The molecule has 0 fully saturated rings. The lowest BCUT2D eigenvalue weighted by atomic mass is 9.83. The largest absolute Gasteiger partial charge is 0.495 e. The molecule has 2 aromatic carbocycles. The van der Waals surface area contributed by atoms with Gasteiger partial charge in [-0.25, -0.2) is 0 Å². The second kappa shape index (κ2) is 7.57. The number of hydrogen-bond acceptors (Lipinski definition) is 5. The Morgan fingerprint density at radius 3 is 2.31 bits per heavy atom. The number of halogens is 3. The fraction of sp³-hybridized carbons (Fsp3) is 0.250. The average molecular weight is 405 g/mol. The molecule has 0 atom stereocenters. The summed E-state index contributed by atoms with van der Waals surface area (Å²) >= 11 is 0. The zero-order valence-corrected chi connectivity index (χ0v) is 15.9. The highest BCUT2D eigenvalue weighted by atomic mass is 19.4. The number of aromatic nitrogens is 2. The summed E-state index contributed by atoms with van der Waals surface area (Å²) in [6, 6.07) is 13.4. The monoisotopic (exact) mass is 405 g/mol. The molecule has 3 rings (SSSR count). The van der Waals surface area contributed by atoms with Gasteiger partial charge >= 0.3 is 12.1 Å². The van der Waals surface area contributed by atoms with Crippen LogP contribution in [-0.4, -0.2) is 23.2 Å². The second-order valence-electron chi connectivity index (χ2n) is 6.78. The molecular weight excluding hydrogens is 387 g/mol. The fourth-order valence-corrected chi connectivity index (χ4v) is 2.70. The van der Waals surface area contributed by atoms with Gasteiger partial charge in [0.25, 0.3) is 5.91 Å². The Morgan fingerprint density at radius 1 is 1.07 bits per heavy atom. The summed E-state index contributed by atoms with van der Waals surface area (Å²) in [6.07, 6.45) is -4.71. The summed E-state index contributed by atoms with van der Waals surface area (Å²) in [5.41, 5.74) is 0.571. The summed E-state index contributed by atoms with van der Waals surface area (Å²) < 4.78 is 47.7. The molecule has 0 unspecified atom stereocenters. The molecule has 29 heavy (non-hydrogen) atoms. The molecule has 3 aromatic rings. The van der Waals surface area contributed by atoms with E-state index in [1.165, 1.54) is 7.11 Å². The highest BCUT2D eigenvalue weighted by Gasteiger charge is 2.40. The number of alkyl halides is 3. The lowest BCUT2D eigenvalue weighted by Crippen LogP contribution is -2.21. The van der Waals surface area contributed by atoms with Gasteiger partial charge in [0, 0.05) is 5.56 Å². The van der Waals surface area contributed by atoms with Crippen molar-refractivity contribution in [2.45, 2.75) is 25.4 Å². The van der Waals surface area contributed by atoms with Crippen molar-refractivity contribution < 1.29 is 27.2 Å². The van der Waals surface area contributed by atoms with Crippen LogP contribution in [0, 0.1) is 0 Å². The molecule has 6 nitrogen and oxygen atoms in total. The van der Waals surface area contributed by atoms with Crippen molar-refractivity contribution >= 4 is 11.6 Å². The lowest BCUT2D eigenvalue weighted by molar-refractivity contribution is -0.159. The molecule has 1 aromatic heterocycles. The zero-order valence-electron chi connectivity index (χ0n) is 15.9. The first-order chi connectivity index (χ1) is 13.6. The number of ether oxygens (including phenoxy) is 1. The predicted molar refractivity (Wildman–Crippen MR) is 98.8 cm³/mol. The third-order valence-electron chi connectivity index (χ3n) is 4.45. The van der Waals surface area contributed by atoms with E-state index in [-0.39, 0.29) is 11.7 Å². The van der Waals surface area contributed by atoms with Gasteiger partial charge in [-0.1, -0.05) is 29.4 Å². The number of amides is 1. The third-order valence-corrected chi connectivity index (χ3v) is 4.45. The van der Waals surface area contributed by atoms with Crippen molar-refractivity contribution in [3.63, 3.8) is 0 Å². The van der Waals surface area contributed by atoms with Gasteiger partial charge in [-0.15, -0.1) is 0 Å². The molecule has 0 saturated carbocycles. The maximum absolute atomic E-state index is 12.7. The minimum absolute atomic E-state index is 0.101.